The largest absolute Gasteiger partial charge is 0.496 e. The average molecular weight is 302 g/mol. The van der Waals surface area contributed by atoms with E-state index < -0.39 is 6.09 Å². The van der Waals surface area contributed by atoms with E-state index in [1.54, 1.807) is 6.07 Å². The Morgan fingerprint density at radius 2 is 2.09 bits per heavy atom. The lowest BCUT2D eigenvalue weighted by molar-refractivity contribution is 0.0994. The fraction of sp³-hybridized carbons (Fsp3) is 0.438. The van der Waals surface area contributed by atoms with Crippen molar-refractivity contribution in [1.29, 1.82) is 5.26 Å². The number of rotatable bonds is 4. The molecule has 0 spiro atoms. The second-order valence-electron chi connectivity index (χ2n) is 5.26. The number of carboxylic acid groups (broad SMARTS) is 1. The van der Waals surface area contributed by atoms with Gasteiger partial charge in [0.1, 0.15) is 5.75 Å². The van der Waals surface area contributed by atoms with Crippen LogP contribution in [0.1, 0.15) is 41.1 Å². The minimum Gasteiger partial charge on any atom is -0.496 e. The average Bonchev–Trinajstić information content (AvgIpc) is 2.54. The number of hydrogen-bond donors (Lipinski definition) is 1. The van der Waals surface area contributed by atoms with Crippen molar-refractivity contribution in [2.24, 2.45) is 0 Å². The molecule has 1 saturated heterocycles. The third-order valence-electron chi connectivity index (χ3n) is 4.00. The van der Waals surface area contributed by atoms with Gasteiger partial charge in [0, 0.05) is 13.1 Å². The van der Waals surface area contributed by atoms with E-state index in [1.165, 1.54) is 12.0 Å². The van der Waals surface area contributed by atoms with E-state index in [0.717, 1.165) is 18.4 Å². The SMILES string of the molecule is COc1cc(C2CCN(C(=O)O)CC2)ccc1C(=O)CC#N. The van der Waals surface area contributed by atoms with Gasteiger partial charge in [-0.25, -0.2) is 4.79 Å². The molecule has 1 amide bonds. The first-order chi connectivity index (χ1) is 10.6. The summed E-state index contributed by atoms with van der Waals surface area (Å²) >= 11 is 0. The van der Waals surface area contributed by atoms with Crippen molar-refractivity contribution in [2.45, 2.75) is 25.2 Å². The van der Waals surface area contributed by atoms with Crippen molar-refractivity contribution in [3.8, 4) is 11.8 Å². The summed E-state index contributed by atoms with van der Waals surface area (Å²) < 4.78 is 5.27. The molecule has 1 aliphatic rings. The number of ether oxygens (including phenoxy) is 1. The fourth-order valence-electron chi connectivity index (χ4n) is 2.76. The molecule has 6 heteroatoms. The summed E-state index contributed by atoms with van der Waals surface area (Å²) in [6.07, 6.45) is 0.447. The van der Waals surface area contributed by atoms with Gasteiger partial charge in [-0.05, 0) is 36.5 Å². The van der Waals surface area contributed by atoms with Gasteiger partial charge >= 0.3 is 6.09 Å². The molecule has 1 aromatic rings. The summed E-state index contributed by atoms with van der Waals surface area (Å²) in [7, 11) is 1.50. The molecule has 1 aromatic carbocycles. The summed E-state index contributed by atoms with van der Waals surface area (Å²) in [5.74, 6) is 0.467. The zero-order chi connectivity index (χ0) is 16.1. The first-order valence-corrected chi connectivity index (χ1v) is 7.12. The summed E-state index contributed by atoms with van der Waals surface area (Å²) in [6, 6.07) is 7.23. The molecule has 1 fully saturated rings. The van der Waals surface area contributed by atoms with Crippen LogP contribution in [0.15, 0.2) is 18.2 Å². The molecular weight excluding hydrogens is 284 g/mol. The Morgan fingerprint density at radius 1 is 1.41 bits per heavy atom. The molecule has 0 saturated carbocycles. The lowest BCUT2D eigenvalue weighted by atomic mass is 9.88. The van der Waals surface area contributed by atoms with Crippen LogP contribution in [0.2, 0.25) is 0 Å². The number of likely N-dealkylation sites (tertiary alicyclic amines) is 1. The van der Waals surface area contributed by atoms with Crippen LogP contribution in [-0.2, 0) is 0 Å². The highest BCUT2D eigenvalue weighted by atomic mass is 16.5. The van der Waals surface area contributed by atoms with E-state index in [1.807, 2.05) is 18.2 Å². The second kappa shape index (κ2) is 6.94. The molecule has 1 aliphatic heterocycles. The van der Waals surface area contributed by atoms with Gasteiger partial charge in [-0.2, -0.15) is 5.26 Å². The normalized spacial score (nSPS) is 15.2. The number of Topliss-reactive ketones (excluding diaryl/α,β-unsaturated/α-hetero) is 1. The topological polar surface area (TPSA) is 90.6 Å². The third-order valence-corrected chi connectivity index (χ3v) is 4.00. The number of hydrogen-bond acceptors (Lipinski definition) is 4. The van der Waals surface area contributed by atoms with E-state index >= 15 is 0 Å². The van der Waals surface area contributed by atoms with Crippen LogP contribution in [0.5, 0.6) is 5.75 Å². The molecule has 0 aliphatic carbocycles. The Balaban J connectivity index is 2.15. The van der Waals surface area contributed by atoms with Crippen molar-refractivity contribution in [3.05, 3.63) is 29.3 Å². The Labute approximate surface area is 128 Å². The lowest BCUT2D eigenvalue weighted by Gasteiger charge is -2.30. The zero-order valence-electron chi connectivity index (χ0n) is 12.4. The number of methoxy groups -OCH3 is 1. The van der Waals surface area contributed by atoms with Crippen molar-refractivity contribution < 1.29 is 19.4 Å². The van der Waals surface area contributed by atoms with E-state index in [2.05, 4.69) is 0 Å². The number of benzene rings is 1. The molecule has 0 atom stereocenters. The predicted molar refractivity (Wildman–Crippen MR) is 79.1 cm³/mol. The van der Waals surface area contributed by atoms with Crippen LogP contribution in [0.3, 0.4) is 0 Å². The standard InChI is InChI=1S/C16H18N2O4/c1-22-15-10-12(2-3-13(15)14(19)4-7-17)11-5-8-18(9-6-11)16(20)21/h2-3,10-11H,4-6,8-9H2,1H3,(H,20,21). The molecule has 1 N–H and O–H groups in total. The van der Waals surface area contributed by atoms with E-state index in [-0.39, 0.29) is 18.1 Å². The number of carbonyl (C=O) groups excluding carboxylic acids is 1. The predicted octanol–water partition coefficient (Wildman–Crippen LogP) is 2.65. The maximum atomic E-state index is 11.9. The van der Waals surface area contributed by atoms with Gasteiger partial charge in [0.05, 0.1) is 25.2 Å². The number of amides is 1. The summed E-state index contributed by atoms with van der Waals surface area (Å²) in [5.41, 5.74) is 1.45. The van der Waals surface area contributed by atoms with Gasteiger partial charge in [-0.15, -0.1) is 0 Å². The minimum atomic E-state index is -0.881. The second-order valence-corrected chi connectivity index (χ2v) is 5.26. The molecular formula is C16H18N2O4. The van der Waals surface area contributed by atoms with Crippen molar-refractivity contribution in [3.63, 3.8) is 0 Å². The van der Waals surface area contributed by atoms with Crippen LogP contribution < -0.4 is 4.74 Å². The summed E-state index contributed by atoms with van der Waals surface area (Å²) in [5, 5.41) is 17.6. The van der Waals surface area contributed by atoms with Gasteiger partial charge in [-0.3, -0.25) is 4.79 Å². The number of nitrogens with zero attached hydrogens (tertiary/aromatic N) is 2. The lowest BCUT2D eigenvalue weighted by Crippen LogP contribution is -2.36. The van der Waals surface area contributed by atoms with E-state index in [4.69, 9.17) is 15.1 Å². The van der Waals surface area contributed by atoms with E-state index in [0.29, 0.717) is 24.4 Å². The quantitative estimate of drug-likeness (QED) is 0.863. The molecule has 22 heavy (non-hydrogen) atoms. The third kappa shape index (κ3) is 3.37. The molecule has 1 heterocycles. The van der Waals surface area contributed by atoms with Crippen molar-refractivity contribution in [1.82, 2.24) is 4.90 Å². The minimum absolute atomic E-state index is 0.174. The smallest absolute Gasteiger partial charge is 0.407 e. The molecule has 0 unspecified atom stereocenters. The number of nitriles is 1. The Morgan fingerprint density at radius 3 is 2.64 bits per heavy atom. The van der Waals surface area contributed by atoms with Crippen LogP contribution in [-0.4, -0.2) is 42.1 Å². The number of carbonyl (C=O) groups is 2. The Bertz CT molecular complexity index is 613. The van der Waals surface area contributed by atoms with Gasteiger partial charge in [0.2, 0.25) is 0 Å². The highest BCUT2D eigenvalue weighted by Crippen LogP contribution is 2.32. The maximum Gasteiger partial charge on any atom is 0.407 e. The Hall–Kier alpha value is -2.55. The van der Waals surface area contributed by atoms with E-state index in [9.17, 15) is 9.59 Å². The highest BCUT2D eigenvalue weighted by Gasteiger charge is 2.24. The monoisotopic (exact) mass is 302 g/mol. The number of piperidine rings is 1. The van der Waals surface area contributed by atoms with Crippen molar-refractivity contribution >= 4 is 11.9 Å². The molecule has 2 rings (SSSR count). The summed E-state index contributed by atoms with van der Waals surface area (Å²) in [6.45, 7) is 1.02. The molecule has 0 aromatic heterocycles. The van der Waals surface area contributed by atoms with Crippen LogP contribution >= 0.6 is 0 Å². The summed E-state index contributed by atoms with van der Waals surface area (Å²) in [4.78, 5) is 24.2. The van der Waals surface area contributed by atoms with Gasteiger partial charge in [0.25, 0.3) is 0 Å². The first-order valence-electron chi connectivity index (χ1n) is 7.12. The van der Waals surface area contributed by atoms with Gasteiger partial charge < -0.3 is 14.7 Å². The maximum absolute atomic E-state index is 11.9. The fourth-order valence-corrected chi connectivity index (χ4v) is 2.76. The first kappa shape index (κ1) is 15.8. The van der Waals surface area contributed by atoms with Crippen LogP contribution in [0.25, 0.3) is 0 Å². The molecule has 0 radical (unpaired) electrons. The molecule has 6 nitrogen and oxygen atoms in total. The van der Waals surface area contributed by atoms with Crippen LogP contribution in [0, 0.1) is 11.3 Å². The van der Waals surface area contributed by atoms with Crippen LogP contribution in [0.4, 0.5) is 4.79 Å². The Kier molecular flexibility index (Phi) is 4.99. The zero-order valence-corrected chi connectivity index (χ0v) is 12.4. The number of ketones is 1. The van der Waals surface area contributed by atoms with Gasteiger partial charge in [0.15, 0.2) is 5.78 Å². The van der Waals surface area contributed by atoms with Crippen molar-refractivity contribution in [2.75, 3.05) is 20.2 Å². The highest BCUT2D eigenvalue weighted by molar-refractivity contribution is 5.99. The van der Waals surface area contributed by atoms with Gasteiger partial charge in [-0.1, -0.05) is 6.07 Å². The molecule has 116 valence electrons. The molecule has 0 bridgehead atoms.